The van der Waals surface area contributed by atoms with Crippen LogP contribution >= 0.6 is 0 Å². The Labute approximate surface area is 195 Å². The molecule has 6 atom stereocenters. The molecule has 4 rings (SSSR count). The van der Waals surface area contributed by atoms with E-state index in [2.05, 4.69) is 66.8 Å². The van der Waals surface area contributed by atoms with Gasteiger partial charge in [0.2, 0.25) is 0 Å². The van der Waals surface area contributed by atoms with Crippen molar-refractivity contribution in [2.24, 2.45) is 28.6 Å². The fourth-order valence-corrected chi connectivity index (χ4v) is 8.99. The van der Waals surface area contributed by atoms with E-state index >= 15 is 0 Å². The molecule has 4 aliphatic rings. The molecule has 0 heterocycles. The molecule has 4 heteroatoms. The minimum Gasteiger partial charge on any atom is -0.404 e. The van der Waals surface area contributed by atoms with E-state index in [4.69, 9.17) is 4.43 Å². The lowest BCUT2D eigenvalue weighted by atomic mass is 9.50. The maximum absolute atomic E-state index is 13.4. The number of carbonyl (C=O) groups excluding carboxylic acids is 2. The van der Waals surface area contributed by atoms with Gasteiger partial charge in [0.15, 0.2) is 19.9 Å². The molecule has 4 aliphatic carbocycles. The lowest BCUT2D eigenvalue weighted by Crippen LogP contribution is -2.61. The minimum absolute atomic E-state index is 0.0610. The van der Waals surface area contributed by atoms with Gasteiger partial charge in [0.25, 0.3) is 0 Å². The molecule has 0 amide bonds. The van der Waals surface area contributed by atoms with Crippen LogP contribution in [-0.2, 0) is 14.0 Å². The molecule has 32 heavy (non-hydrogen) atoms. The zero-order valence-electron chi connectivity index (χ0n) is 21.6. The zero-order valence-corrected chi connectivity index (χ0v) is 22.6. The Kier molecular flexibility index (Phi) is 5.31. The van der Waals surface area contributed by atoms with Gasteiger partial charge in [-0.1, -0.05) is 52.3 Å². The van der Waals surface area contributed by atoms with Crippen LogP contribution in [0.15, 0.2) is 35.5 Å². The highest BCUT2D eigenvalue weighted by Crippen LogP contribution is 2.67. The van der Waals surface area contributed by atoms with Crippen LogP contribution in [0.5, 0.6) is 0 Å². The van der Waals surface area contributed by atoms with Crippen LogP contribution in [0.4, 0.5) is 0 Å². The summed E-state index contributed by atoms with van der Waals surface area (Å²) in [4.78, 5) is 25.5. The summed E-state index contributed by atoms with van der Waals surface area (Å²) in [7, 11) is -2.14. The topological polar surface area (TPSA) is 43.4 Å². The van der Waals surface area contributed by atoms with Gasteiger partial charge in [0.05, 0.1) is 0 Å². The molecule has 2 fully saturated rings. The summed E-state index contributed by atoms with van der Waals surface area (Å²) in [6.07, 6.45) is 12.0. The maximum atomic E-state index is 13.4. The summed E-state index contributed by atoms with van der Waals surface area (Å²) < 4.78 is 7.13. The third kappa shape index (κ3) is 3.08. The lowest BCUT2D eigenvalue weighted by molar-refractivity contribution is -0.147. The summed E-state index contributed by atoms with van der Waals surface area (Å²) in [6.45, 7) is 20.0. The van der Waals surface area contributed by atoms with Crippen molar-refractivity contribution in [1.82, 2.24) is 0 Å². The number of hydrogen-bond acceptors (Lipinski definition) is 3. The molecule has 0 aromatic heterocycles. The molecule has 3 nitrogen and oxygen atoms in total. The Morgan fingerprint density at radius 1 is 1.19 bits per heavy atom. The molecular formula is C28H42O3Si. The van der Waals surface area contributed by atoms with Crippen LogP contribution in [-0.4, -0.2) is 25.5 Å². The maximum Gasteiger partial charge on any atom is 0.193 e. The lowest BCUT2D eigenvalue weighted by Gasteiger charge is -2.57. The van der Waals surface area contributed by atoms with Crippen LogP contribution in [0.2, 0.25) is 18.1 Å². The van der Waals surface area contributed by atoms with Gasteiger partial charge in [-0.3, -0.25) is 9.59 Å². The molecule has 2 saturated carbocycles. The molecule has 0 radical (unpaired) electrons. The second kappa shape index (κ2) is 7.12. The first-order valence-corrected chi connectivity index (χ1v) is 15.4. The smallest absolute Gasteiger partial charge is 0.193 e. The summed E-state index contributed by atoms with van der Waals surface area (Å²) in [5, 5.41) is 0.0610. The van der Waals surface area contributed by atoms with Gasteiger partial charge < -0.3 is 4.43 Å². The summed E-state index contributed by atoms with van der Waals surface area (Å²) >= 11 is 0. The van der Waals surface area contributed by atoms with Gasteiger partial charge in [-0.15, -0.1) is 0 Å². The first-order valence-electron chi connectivity index (χ1n) is 12.5. The second-order valence-electron chi connectivity index (χ2n) is 13.0. The highest BCUT2D eigenvalue weighted by atomic mass is 28.4. The minimum atomic E-state index is -2.14. The van der Waals surface area contributed by atoms with E-state index < -0.39 is 13.9 Å². The van der Waals surface area contributed by atoms with Crippen LogP contribution in [0.25, 0.3) is 0 Å². The largest absolute Gasteiger partial charge is 0.404 e. The third-order valence-corrected chi connectivity index (χ3v) is 14.7. The van der Waals surface area contributed by atoms with Gasteiger partial charge in [-0.25, -0.2) is 0 Å². The Morgan fingerprint density at radius 2 is 1.84 bits per heavy atom. The zero-order chi connectivity index (χ0) is 23.9. The third-order valence-electron chi connectivity index (χ3n) is 10.2. The van der Waals surface area contributed by atoms with Gasteiger partial charge in [0, 0.05) is 10.8 Å². The van der Waals surface area contributed by atoms with E-state index in [0.29, 0.717) is 17.8 Å². The number of allylic oxidation sites excluding steroid dienone is 6. The second-order valence-corrected chi connectivity index (χ2v) is 17.7. The van der Waals surface area contributed by atoms with Crippen molar-refractivity contribution in [3.8, 4) is 0 Å². The first-order chi connectivity index (χ1) is 14.6. The number of carbonyl (C=O) groups is 2. The van der Waals surface area contributed by atoms with Crippen molar-refractivity contribution in [3.63, 3.8) is 0 Å². The van der Waals surface area contributed by atoms with Crippen LogP contribution in [0, 0.1) is 28.6 Å². The Hall–Kier alpha value is -1.26. The molecule has 0 aromatic carbocycles. The first kappa shape index (κ1) is 23.9. The molecule has 0 spiro atoms. The Balaban J connectivity index is 1.79. The van der Waals surface area contributed by atoms with Crippen molar-refractivity contribution in [1.29, 1.82) is 0 Å². The van der Waals surface area contributed by atoms with Crippen molar-refractivity contribution >= 4 is 19.9 Å². The van der Waals surface area contributed by atoms with E-state index in [-0.39, 0.29) is 27.4 Å². The standard InChI is InChI=1S/C28H42O3Si/c1-18-16-21-22(26(6)13-10-20(30)17-24(18)26)11-14-27(7)23(21)12-15-28(27,19(2)29)31-32(8,9)25(3,4)5/h10-11,13,17-18,21,23H,12,14-16H2,1-9H3/t18-,21+,23-,26+,27-,28-/m0/s1. The molecule has 0 bridgehead atoms. The summed E-state index contributed by atoms with van der Waals surface area (Å²) in [6, 6.07) is 0. The van der Waals surface area contributed by atoms with Crippen molar-refractivity contribution in [3.05, 3.63) is 35.5 Å². The molecule has 176 valence electrons. The molecule has 0 saturated heterocycles. The fourth-order valence-electron chi connectivity index (χ4n) is 7.33. The highest BCUT2D eigenvalue weighted by Gasteiger charge is 2.66. The number of hydrogen-bond donors (Lipinski definition) is 0. The Morgan fingerprint density at radius 3 is 2.44 bits per heavy atom. The van der Waals surface area contributed by atoms with E-state index in [0.717, 1.165) is 25.7 Å². The molecule has 0 unspecified atom stereocenters. The number of ketones is 2. The predicted molar refractivity (Wildman–Crippen MR) is 133 cm³/mol. The van der Waals surface area contributed by atoms with Gasteiger partial charge in [-0.2, -0.15) is 0 Å². The SMILES string of the molecule is CC(=O)[C@@]1(O[Si](C)(C)C(C)(C)C)CC[C@H]2[C@@H]3C[C@H](C)C4=CC(=O)C=C[C@]4(C)C3=CC[C@@]21C. The average molecular weight is 455 g/mol. The molecular weight excluding hydrogens is 412 g/mol. The van der Waals surface area contributed by atoms with E-state index in [9.17, 15) is 9.59 Å². The predicted octanol–water partition coefficient (Wildman–Crippen LogP) is 6.81. The number of fused-ring (bicyclic) bond motifs is 5. The van der Waals surface area contributed by atoms with Crippen molar-refractivity contribution in [2.45, 2.75) is 97.9 Å². The normalized spacial score (nSPS) is 41.4. The van der Waals surface area contributed by atoms with E-state index in [1.165, 1.54) is 11.1 Å². The average Bonchev–Trinajstić information content (AvgIpc) is 2.96. The summed E-state index contributed by atoms with van der Waals surface area (Å²) in [5.74, 6) is 1.56. The van der Waals surface area contributed by atoms with Gasteiger partial charge >= 0.3 is 0 Å². The molecule has 0 aromatic rings. The Bertz CT molecular complexity index is 948. The van der Waals surface area contributed by atoms with Gasteiger partial charge in [-0.05, 0) is 93.1 Å². The highest BCUT2D eigenvalue weighted by molar-refractivity contribution is 6.74. The van der Waals surface area contributed by atoms with Crippen LogP contribution in [0.1, 0.15) is 74.1 Å². The monoisotopic (exact) mass is 454 g/mol. The number of Topliss-reactive ketones (excluding diaryl/α,β-unsaturated/α-hetero) is 1. The molecule has 0 N–H and O–H groups in total. The van der Waals surface area contributed by atoms with E-state index in [1.807, 2.05) is 6.08 Å². The summed E-state index contributed by atoms with van der Waals surface area (Å²) in [5.41, 5.74) is 1.69. The fraction of sp³-hybridized carbons (Fsp3) is 0.714. The van der Waals surface area contributed by atoms with Crippen molar-refractivity contribution in [2.75, 3.05) is 0 Å². The quantitative estimate of drug-likeness (QED) is 0.347. The van der Waals surface area contributed by atoms with Crippen LogP contribution < -0.4 is 0 Å². The van der Waals surface area contributed by atoms with Crippen LogP contribution in [0.3, 0.4) is 0 Å². The van der Waals surface area contributed by atoms with E-state index in [1.54, 1.807) is 13.0 Å². The van der Waals surface area contributed by atoms with Gasteiger partial charge in [0.1, 0.15) is 5.60 Å². The number of rotatable bonds is 3. The molecule has 0 aliphatic heterocycles. The van der Waals surface area contributed by atoms with Crippen molar-refractivity contribution < 1.29 is 14.0 Å².